The summed E-state index contributed by atoms with van der Waals surface area (Å²) >= 11 is 0. The van der Waals surface area contributed by atoms with Gasteiger partial charge in [-0.05, 0) is 4.86 Å². The molecular formula is C4H8N2O3. The minimum atomic E-state index is -0.256. The van der Waals surface area contributed by atoms with Crippen LogP contribution >= 0.6 is 0 Å². The fourth-order valence-corrected chi connectivity index (χ4v) is 0.310. The number of rotatable bonds is 3. The van der Waals surface area contributed by atoms with E-state index in [2.05, 4.69) is 10.1 Å². The maximum Gasteiger partial charge on any atom is 0.241 e. The van der Waals surface area contributed by atoms with E-state index < -0.39 is 0 Å². The van der Waals surface area contributed by atoms with Crippen molar-refractivity contribution in [3.05, 3.63) is 5.21 Å². The van der Waals surface area contributed by atoms with Gasteiger partial charge in [-0.2, -0.15) is 0 Å². The highest BCUT2D eigenvalue weighted by Gasteiger charge is 1.99. The largest absolute Gasteiger partial charge is 0.597 e. The first-order valence-electron chi connectivity index (χ1n) is 2.35. The fraction of sp³-hybridized carbons (Fsp3) is 0.750. The van der Waals surface area contributed by atoms with Gasteiger partial charge in [0.1, 0.15) is 7.11 Å². The number of carbonyl (C=O) groups is 1. The van der Waals surface area contributed by atoms with Crippen molar-refractivity contribution in [3.8, 4) is 0 Å². The molecule has 0 amide bonds. The van der Waals surface area contributed by atoms with Crippen LogP contribution < -0.4 is 0 Å². The fourth-order valence-electron chi connectivity index (χ4n) is 0.310. The molecule has 0 aromatic rings. The third-order valence-electron chi connectivity index (χ3n) is 0.531. The Morgan fingerprint density at radius 1 is 1.89 bits per heavy atom. The lowest BCUT2D eigenvalue weighted by atomic mass is 10.5. The summed E-state index contributed by atoms with van der Waals surface area (Å²) in [6.45, 7) is 1.05. The van der Waals surface area contributed by atoms with Crippen molar-refractivity contribution in [2.75, 3.05) is 13.7 Å². The molecule has 0 rings (SSSR count). The van der Waals surface area contributed by atoms with Gasteiger partial charge in [0.15, 0.2) is 11.1 Å². The molecule has 0 atom stereocenters. The van der Waals surface area contributed by atoms with E-state index in [9.17, 15) is 10.0 Å². The van der Waals surface area contributed by atoms with Gasteiger partial charge in [0.05, 0.1) is 0 Å². The maximum atomic E-state index is 10.3. The van der Waals surface area contributed by atoms with Gasteiger partial charge in [-0.3, -0.25) is 4.79 Å². The molecular weight excluding hydrogens is 124 g/mol. The molecule has 0 saturated heterocycles. The van der Waals surface area contributed by atoms with Gasteiger partial charge in [-0.25, -0.2) is 0 Å². The molecule has 9 heavy (non-hydrogen) atoms. The van der Waals surface area contributed by atoms with E-state index >= 15 is 0 Å². The van der Waals surface area contributed by atoms with E-state index in [1.54, 1.807) is 0 Å². The normalized spacial score (nSPS) is 11.1. The molecule has 0 aromatic heterocycles. The van der Waals surface area contributed by atoms with Gasteiger partial charge in [0.2, 0.25) is 6.54 Å². The highest BCUT2D eigenvalue weighted by atomic mass is 16.7. The van der Waals surface area contributed by atoms with Crippen molar-refractivity contribution in [1.82, 2.24) is 0 Å². The van der Waals surface area contributed by atoms with Crippen LogP contribution in [0, 0.1) is 5.21 Å². The minimum absolute atomic E-state index is 0.183. The average Bonchev–Trinajstić information content (AvgIpc) is 1.63. The number of hydrogen-bond acceptors (Lipinski definition) is 4. The van der Waals surface area contributed by atoms with Crippen molar-refractivity contribution in [2.45, 2.75) is 6.92 Å². The third kappa shape index (κ3) is 4.73. The highest BCUT2D eigenvalue weighted by molar-refractivity contribution is 5.76. The predicted octanol–water partition coefficient (Wildman–Crippen LogP) is 0.0993. The minimum Gasteiger partial charge on any atom is -0.597 e. The summed E-state index contributed by atoms with van der Waals surface area (Å²) in [5.74, 6) is -0.245. The lowest BCUT2D eigenvalue weighted by Gasteiger charge is -1.93. The lowest BCUT2D eigenvalue weighted by Crippen LogP contribution is -2.10. The van der Waals surface area contributed by atoms with E-state index in [1.807, 2.05) is 0 Å². The Labute approximate surface area is 52.5 Å². The van der Waals surface area contributed by atoms with Gasteiger partial charge in [-0.1, -0.05) is 0 Å². The summed E-state index contributed by atoms with van der Waals surface area (Å²) in [6, 6.07) is 0. The molecule has 0 heterocycles. The molecule has 0 aliphatic rings. The number of ketones is 1. The molecule has 0 saturated carbocycles. The van der Waals surface area contributed by atoms with Crippen LogP contribution in [-0.4, -0.2) is 24.3 Å². The second-order valence-corrected chi connectivity index (χ2v) is 1.48. The second kappa shape index (κ2) is 3.82. The summed E-state index contributed by atoms with van der Waals surface area (Å²) in [7, 11) is 1.24. The number of hydroxylamine groups is 1. The van der Waals surface area contributed by atoms with Crippen LogP contribution in [-0.2, 0) is 9.63 Å². The quantitative estimate of drug-likeness (QED) is 0.310. The number of carbonyl (C=O) groups excluding carboxylic acids is 1. The Morgan fingerprint density at radius 2 is 2.44 bits per heavy atom. The first-order valence-corrected chi connectivity index (χ1v) is 2.35. The van der Waals surface area contributed by atoms with Gasteiger partial charge < -0.3 is 10.0 Å². The standard InChI is InChI=1S/C4H8N2O3/c1-4(7)3-6(8)5-9-2/h3H2,1-2H3/b6-5-. The molecule has 0 aromatic carbocycles. The third-order valence-corrected chi connectivity index (χ3v) is 0.531. The van der Waals surface area contributed by atoms with Gasteiger partial charge in [0, 0.05) is 6.92 Å². The predicted molar refractivity (Wildman–Crippen MR) is 28.6 cm³/mol. The maximum absolute atomic E-state index is 10.3. The topological polar surface area (TPSA) is 64.7 Å². The molecule has 52 valence electrons. The van der Waals surface area contributed by atoms with Crippen molar-refractivity contribution in [1.29, 1.82) is 0 Å². The Balaban J connectivity index is 3.62. The monoisotopic (exact) mass is 132 g/mol. The molecule has 0 radical (unpaired) electrons. The number of Topliss-reactive ketones (excluding diaryl/α,β-unsaturated/α-hetero) is 1. The molecule has 0 aliphatic carbocycles. The lowest BCUT2D eigenvalue weighted by molar-refractivity contribution is -0.546. The van der Waals surface area contributed by atoms with Gasteiger partial charge >= 0.3 is 0 Å². The van der Waals surface area contributed by atoms with Crippen LogP contribution in [0.25, 0.3) is 0 Å². The summed E-state index contributed by atoms with van der Waals surface area (Å²) in [6.07, 6.45) is 0. The SMILES string of the molecule is CO/N=[N+](\[O-])CC(C)=O. The van der Waals surface area contributed by atoms with Gasteiger partial charge in [-0.15, -0.1) is 0 Å². The van der Waals surface area contributed by atoms with Gasteiger partial charge in [0.25, 0.3) is 0 Å². The average molecular weight is 132 g/mol. The molecule has 0 fully saturated rings. The zero-order chi connectivity index (χ0) is 7.28. The van der Waals surface area contributed by atoms with E-state index in [0.717, 1.165) is 0 Å². The van der Waals surface area contributed by atoms with E-state index in [1.165, 1.54) is 14.0 Å². The molecule has 5 nitrogen and oxygen atoms in total. The van der Waals surface area contributed by atoms with E-state index in [-0.39, 0.29) is 17.2 Å². The van der Waals surface area contributed by atoms with Crippen molar-refractivity contribution in [2.24, 2.45) is 5.28 Å². The molecule has 0 aliphatic heterocycles. The Kier molecular flexibility index (Phi) is 3.34. The summed E-state index contributed by atoms with van der Waals surface area (Å²) in [5, 5.41) is 13.2. The van der Waals surface area contributed by atoms with Crippen molar-refractivity contribution in [3.63, 3.8) is 0 Å². The summed E-state index contributed by atoms with van der Waals surface area (Å²) < 4.78 is 0. The first kappa shape index (κ1) is 7.87. The Morgan fingerprint density at radius 3 is 2.78 bits per heavy atom. The molecule has 0 unspecified atom stereocenters. The zero-order valence-electron chi connectivity index (χ0n) is 5.33. The Hall–Kier alpha value is -1.13. The molecule has 0 N–H and O–H groups in total. The Bertz CT molecular complexity index is 132. The van der Waals surface area contributed by atoms with Crippen LogP contribution in [0.2, 0.25) is 0 Å². The summed E-state index contributed by atoms with van der Waals surface area (Å²) in [5.41, 5.74) is 0. The molecule has 0 spiro atoms. The van der Waals surface area contributed by atoms with Crippen molar-refractivity contribution < 1.29 is 14.5 Å². The van der Waals surface area contributed by atoms with Crippen LogP contribution in [0.1, 0.15) is 6.92 Å². The molecule has 5 heteroatoms. The smallest absolute Gasteiger partial charge is 0.241 e. The van der Waals surface area contributed by atoms with Crippen molar-refractivity contribution >= 4 is 5.78 Å². The zero-order valence-corrected chi connectivity index (χ0v) is 5.33. The van der Waals surface area contributed by atoms with Crippen LogP contribution in [0.5, 0.6) is 0 Å². The van der Waals surface area contributed by atoms with E-state index in [4.69, 9.17) is 0 Å². The highest BCUT2D eigenvalue weighted by Crippen LogP contribution is 1.76. The second-order valence-electron chi connectivity index (χ2n) is 1.48. The van der Waals surface area contributed by atoms with Crippen LogP contribution in [0.15, 0.2) is 5.28 Å². The van der Waals surface area contributed by atoms with Crippen LogP contribution in [0.3, 0.4) is 0 Å². The first-order chi connectivity index (χ1) is 4.16. The summed E-state index contributed by atoms with van der Waals surface area (Å²) in [4.78, 5) is 14.4. The number of nitrogens with zero attached hydrogens (tertiary/aromatic N) is 2. The molecule has 0 bridgehead atoms. The number of hydrogen-bond donors (Lipinski definition) is 0. The van der Waals surface area contributed by atoms with E-state index in [0.29, 0.717) is 0 Å². The van der Waals surface area contributed by atoms with Crippen LogP contribution in [0.4, 0.5) is 0 Å².